The Kier molecular flexibility index (Phi) is 5.85. The average Bonchev–Trinajstić information content (AvgIpc) is 2.57. The predicted molar refractivity (Wildman–Crippen MR) is 102 cm³/mol. The molecular formula is C20H32FN3O. The van der Waals surface area contributed by atoms with Gasteiger partial charge in [0, 0.05) is 36.9 Å². The van der Waals surface area contributed by atoms with Gasteiger partial charge in [-0.25, -0.2) is 4.39 Å². The highest BCUT2D eigenvalue weighted by Gasteiger charge is 2.25. The van der Waals surface area contributed by atoms with Crippen molar-refractivity contribution in [2.24, 2.45) is 11.7 Å². The molecule has 1 heterocycles. The Morgan fingerprint density at radius 3 is 2.44 bits per heavy atom. The van der Waals surface area contributed by atoms with Crippen LogP contribution in [0.5, 0.6) is 0 Å². The molecule has 2 aliphatic rings. The second-order valence-corrected chi connectivity index (χ2v) is 7.90. The summed E-state index contributed by atoms with van der Waals surface area (Å²) in [5.74, 6) is 0.528. The van der Waals surface area contributed by atoms with Crippen LogP contribution in [0.3, 0.4) is 0 Å². The van der Waals surface area contributed by atoms with E-state index in [0.29, 0.717) is 23.2 Å². The molecule has 2 fully saturated rings. The van der Waals surface area contributed by atoms with Crippen molar-refractivity contribution < 1.29 is 9.13 Å². The van der Waals surface area contributed by atoms with Gasteiger partial charge in [0.25, 0.3) is 0 Å². The van der Waals surface area contributed by atoms with Crippen LogP contribution in [0, 0.1) is 18.7 Å². The van der Waals surface area contributed by atoms with Gasteiger partial charge in [-0.05, 0) is 64.5 Å². The number of nitrogens with one attached hydrogen (secondary N) is 1. The summed E-state index contributed by atoms with van der Waals surface area (Å²) in [5.41, 5.74) is 8.27. The van der Waals surface area contributed by atoms with Gasteiger partial charge in [0.15, 0.2) is 5.82 Å². The van der Waals surface area contributed by atoms with E-state index >= 15 is 0 Å². The first-order chi connectivity index (χ1) is 11.9. The lowest BCUT2D eigenvalue weighted by Gasteiger charge is -2.37. The molecular weight excluding hydrogens is 317 g/mol. The first kappa shape index (κ1) is 18.5. The fourth-order valence-corrected chi connectivity index (χ4v) is 4.13. The quantitative estimate of drug-likeness (QED) is 0.871. The molecule has 0 bridgehead atoms. The van der Waals surface area contributed by atoms with Gasteiger partial charge < -0.3 is 20.7 Å². The third kappa shape index (κ3) is 4.45. The molecule has 1 aromatic carbocycles. The van der Waals surface area contributed by atoms with Crippen molar-refractivity contribution in [3.05, 3.63) is 23.5 Å². The van der Waals surface area contributed by atoms with E-state index in [1.807, 2.05) is 32.9 Å². The molecule has 0 aromatic heterocycles. The van der Waals surface area contributed by atoms with Gasteiger partial charge in [-0.3, -0.25) is 0 Å². The van der Waals surface area contributed by atoms with Gasteiger partial charge >= 0.3 is 0 Å². The van der Waals surface area contributed by atoms with Gasteiger partial charge in [-0.1, -0.05) is 0 Å². The number of halogens is 1. The maximum Gasteiger partial charge on any atom is 0.151 e. The van der Waals surface area contributed by atoms with Crippen molar-refractivity contribution in [1.29, 1.82) is 0 Å². The summed E-state index contributed by atoms with van der Waals surface area (Å²) >= 11 is 0. The monoisotopic (exact) mass is 349 g/mol. The summed E-state index contributed by atoms with van der Waals surface area (Å²) in [6, 6.07) is 4.30. The molecule has 1 aromatic rings. The summed E-state index contributed by atoms with van der Waals surface area (Å²) in [6.45, 7) is 8.31. The molecule has 2 atom stereocenters. The lowest BCUT2D eigenvalue weighted by atomic mass is 9.86. The molecule has 4 nitrogen and oxygen atoms in total. The van der Waals surface area contributed by atoms with Crippen molar-refractivity contribution in [2.45, 2.75) is 64.7 Å². The van der Waals surface area contributed by atoms with Crippen molar-refractivity contribution in [3.8, 4) is 0 Å². The van der Waals surface area contributed by atoms with Crippen LogP contribution in [0.4, 0.5) is 15.8 Å². The van der Waals surface area contributed by atoms with Crippen molar-refractivity contribution in [3.63, 3.8) is 0 Å². The second-order valence-electron chi connectivity index (χ2n) is 7.90. The van der Waals surface area contributed by atoms with E-state index in [9.17, 15) is 4.39 Å². The van der Waals surface area contributed by atoms with Crippen LogP contribution < -0.4 is 16.0 Å². The third-order valence-corrected chi connectivity index (χ3v) is 5.60. The van der Waals surface area contributed by atoms with Crippen LogP contribution >= 0.6 is 0 Å². The first-order valence-corrected chi connectivity index (χ1v) is 9.63. The van der Waals surface area contributed by atoms with Crippen LogP contribution in [0.1, 0.15) is 45.1 Å². The van der Waals surface area contributed by atoms with Gasteiger partial charge in [0.2, 0.25) is 0 Å². The smallest absolute Gasteiger partial charge is 0.151 e. The summed E-state index contributed by atoms with van der Waals surface area (Å²) in [5, 5.41) is 3.46. The Hall–Kier alpha value is -1.33. The number of rotatable bonds is 4. The van der Waals surface area contributed by atoms with Gasteiger partial charge in [-0.2, -0.15) is 0 Å². The third-order valence-electron chi connectivity index (χ3n) is 5.60. The van der Waals surface area contributed by atoms with Crippen LogP contribution in [-0.2, 0) is 4.74 Å². The minimum absolute atomic E-state index is 0.114. The zero-order valence-electron chi connectivity index (χ0n) is 15.7. The fraction of sp³-hybridized carbons (Fsp3) is 0.700. The van der Waals surface area contributed by atoms with Crippen LogP contribution in [0.15, 0.2) is 12.1 Å². The number of ether oxygens (including phenoxy) is 1. The number of anilines is 2. The lowest BCUT2D eigenvalue weighted by molar-refractivity contribution is -0.00539. The van der Waals surface area contributed by atoms with E-state index in [1.165, 1.54) is 0 Å². The fourth-order valence-electron chi connectivity index (χ4n) is 4.13. The molecule has 25 heavy (non-hydrogen) atoms. The van der Waals surface area contributed by atoms with E-state index in [-0.39, 0.29) is 18.0 Å². The minimum Gasteiger partial charge on any atom is -0.384 e. The van der Waals surface area contributed by atoms with Crippen LogP contribution in [-0.4, -0.2) is 37.9 Å². The average molecular weight is 349 g/mol. The SMILES string of the molecule is Cc1c(NCC2CCC(N)CC2)ccc(N2CC(C)OC(C)C2)c1F. The van der Waals surface area contributed by atoms with Crippen molar-refractivity contribution in [1.82, 2.24) is 0 Å². The Bertz CT molecular complexity index is 577. The summed E-state index contributed by atoms with van der Waals surface area (Å²) in [7, 11) is 0. The molecule has 1 aliphatic carbocycles. The predicted octanol–water partition coefficient (Wildman–Crippen LogP) is 3.68. The second kappa shape index (κ2) is 7.92. The van der Waals surface area contributed by atoms with E-state index < -0.39 is 0 Å². The highest BCUT2D eigenvalue weighted by Crippen LogP contribution is 2.31. The molecule has 5 heteroatoms. The summed E-state index contributed by atoms with van der Waals surface area (Å²) < 4.78 is 20.7. The van der Waals surface area contributed by atoms with Gasteiger partial charge in [0.05, 0.1) is 17.9 Å². The number of hydrogen-bond acceptors (Lipinski definition) is 4. The van der Waals surface area contributed by atoms with E-state index in [4.69, 9.17) is 10.5 Å². The first-order valence-electron chi connectivity index (χ1n) is 9.63. The molecule has 0 spiro atoms. The van der Waals surface area contributed by atoms with Crippen molar-refractivity contribution >= 4 is 11.4 Å². The molecule has 0 radical (unpaired) electrons. The largest absolute Gasteiger partial charge is 0.384 e. The van der Waals surface area contributed by atoms with Crippen LogP contribution in [0.25, 0.3) is 0 Å². The maximum atomic E-state index is 15.0. The van der Waals surface area contributed by atoms with E-state index in [0.717, 1.165) is 51.0 Å². The molecule has 0 amide bonds. The molecule has 2 unspecified atom stereocenters. The molecule has 1 saturated heterocycles. The maximum absolute atomic E-state index is 15.0. The Labute approximate surface area is 150 Å². The van der Waals surface area contributed by atoms with Gasteiger partial charge in [0.1, 0.15) is 0 Å². The summed E-state index contributed by atoms with van der Waals surface area (Å²) in [6.07, 6.45) is 4.78. The number of nitrogens with zero attached hydrogens (tertiary/aromatic N) is 1. The van der Waals surface area contributed by atoms with Crippen LogP contribution in [0.2, 0.25) is 0 Å². The zero-order chi connectivity index (χ0) is 18.0. The highest BCUT2D eigenvalue weighted by atomic mass is 19.1. The van der Waals surface area contributed by atoms with Crippen molar-refractivity contribution in [2.75, 3.05) is 29.9 Å². The molecule has 3 N–H and O–H groups in total. The Morgan fingerprint density at radius 2 is 1.80 bits per heavy atom. The number of benzene rings is 1. The molecule has 140 valence electrons. The highest BCUT2D eigenvalue weighted by molar-refractivity contribution is 5.61. The standard InChI is InChI=1S/C20H32FN3O/c1-13-11-24(12-14(2)25-13)19-9-8-18(15(3)20(19)21)23-10-16-4-6-17(22)7-5-16/h8-9,13-14,16-17,23H,4-7,10-12,22H2,1-3H3. The topological polar surface area (TPSA) is 50.5 Å². The number of nitrogens with two attached hydrogens (primary N) is 1. The molecule has 1 saturated carbocycles. The Balaban J connectivity index is 1.66. The number of morpholine rings is 1. The molecule has 3 rings (SSSR count). The van der Waals surface area contributed by atoms with E-state index in [2.05, 4.69) is 10.2 Å². The van der Waals surface area contributed by atoms with Gasteiger partial charge in [-0.15, -0.1) is 0 Å². The van der Waals surface area contributed by atoms with E-state index in [1.54, 1.807) is 0 Å². The summed E-state index contributed by atoms with van der Waals surface area (Å²) in [4.78, 5) is 2.10. The Morgan fingerprint density at radius 1 is 1.16 bits per heavy atom. The minimum atomic E-state index is -0.114. The number of hydrogen-bond donors (Lipinski definition) is 2. The normalized spacial score (nSPS) is 30.4. The lowest BCUT2D eigenvalue weighted by Crippen LogP contribution is -2.45. The zero-order valence-corrected chi connectivity index (χ0v) is 15.7. The molecule has 1 aliphatic heterocycles.